The number of carbonyl (C=O) groups is 2. The molecule has 3 rings (SSSR count). The Morgan fingerprint density at radius 2 is 1.78 bits per heavy atom. The molecule has 118 valence electrons. The van der Waals surface area contributed by atoms with E-state index in [1.54, 1.807) is 0 Å². The first-order valence-electron chi connectivity index (χ1n) is 6.79. The van der Waals surface area contributed by atoms with Crippen LogP contribution in [0.5, 0.6) is 0 Å². The highest BCUT2D eigenvalue weighted by molar-refractivity contribution is 6.05. The van der Waals surface area contributed by atoms with Gasteiger partial charge >= 0.3 is 0 Å². The van der Waals surface area contributed by atoms with E-state index in [9.17, 15) is 22.8 Å². The summed E-state index contributed by atoms with van der Waals surface area (Å²) in [7, 11) is 0. The Hall–Kier alpha value is -2.83. The fraction of sp³-hybridized carbons (Fsp3) is 0.125. The molecule has 23 heavy (non-hydrogen) atoms. The van der Waals surface area contributed by atoms with E-state index >= 15 is 0 Å². The van der Waals surface area contributed by atoms with Crippen molar-refractivity contribution in [3.05, 3.63) is 59.4 Å². The number of fused-ring (bicyclic) bond motifs is 1. The summed E-state index contributed by atoms with van der Waals surface area (Å²) in [6.45, 7) is 0. The number of nitrogens with one attached hydrogen (secondary N) is 2. The van der Waals surface area contributed by atoms with Gasteiger partial charge in [0.1, 0.15) is 17.5 Å². The van der Waals surface area contributed by atoms with Gasteiger partial charge in [-0.2, -0.15) is 0 Å². The third kappa shape index (κ3) is 3.03. The molecule has 2 N–H and O–H groups in total. The SMILES string of the molecule is O=C1CC(C(=O)Nc2cc(F)ccc2F)c2ccc(F)cc2N1. The summed E-state index contributed by atoms with van der Waals surface area (Å²) in [5, 5.41) is 4.75. The number of amides is 2. The Bertz CT molecular complexity index is 808. The molecule has 1 heterocycles. The first-order chi connectivity index (χ1) is 10.9. The Labute approximate surface area is 129 Å². The molecule has 1 aliphatic heterocycles. The van der Waals surface area contributed by atoms with E-state index in [-0.39, 0.29) is 17.8 Å². The van der Waals surface area contributed by atoms with Crippen LogP contribution in [0, 0.1) is 17.5 Å². The number of anilines is 2. The van der Waals surface area contributed by atoms with Gasteiger partial charge in [-0.05, 0) is 29.8 Å². The Morgan fingerprint density at radius 3 is 2.57 bits per heavy atom. The summed E-state index contributed by atoms with van der Waals surface area (Å²) in [4.78, 5) is 24.0. The molecule has 0 aliphatic carbocycles. The fourth-order valence-corrected chi connectivity index (χ4v) is 2.48. The lowest BCUT2D eigenvalue weighted by Crippen LogP contribution is -2.31. The summed E-state index contributed by atoms with van der Waals surface area (Å²) in [6, 6.07) is 6.33. The standard InChI is InChI=1S/C16H11F3N2O2/c17-8-1-3-10-11(7-15(22)20-13(10)5-8)16(23)21-14-6-9(18)2-4-12(14)19/h1-6,11H,7H2,(H,20,22)(H,21,23). The smallest absolute Gasteiger partial charge is 0.232 e. The molecular formula is C16H11F3N2O2. The number of rotatable bonds is 2. The topological polar surface area (TPSA) is 58.2 Å². The molecule has 4 nitrogen and oxygen atoms in total. The molecule has 0 fully saturated rings. The molecule has 1 atom stereocenters. The summed E-state index contributed by atoms with van der Waals surface area (Å²) in [5.74, 6) is -4.09. The molecule has 2 aromatic carbocycles. The van der Waals surface area contributed by atoms with Crippen molar-refractivity contribution in [1.82, 2.24) is 0 Å². The first-order valence-corrected chi connectivity index (χ1v) is 6.79. The van der Waals surface area contributed by atoms with Crippen molar-refractivity contribution >= 4 is 23.2 Å². The van der Waals surface area contributed by atoms with Gasteiger partial charge in [0.2, 0.25) is 11.8 Å². The van der Waals surface area contributed by atoms with Gasteiger partial charge in [0.15, 0.2) is 0 Å². The molecule has 0 saturated carbocycles. The van der Waals surface area contributed by atoms with E-state index in [1.165, 1.54) is 12.1 Å². The van der Waals surface area contributed by atoms with Crippen LogP contribution >= 0.6 is 0 Å². The molecule has 1 aliphatic rings. The lowest BCUT2D eigenvalue weighted by Gasteiger charge is -2.25. The second-order valence-electron chi connectivity index (χ2n) is 5.15. The van der Waals surface area contributed by atoms with Crippen LogP contribution in [0.4, 0.5) is 24.5 Å². The minimum atomic E-state index is -0.915. The second-order valence-corrected chi connectivity index (χ2v) is 5.15. The van der Waals surface area contributed by atoms with Crippen molar-refractivity contribution in [2.75, 3.05) is 10.6 Å². The summed E-state index contributed by atoms with van der Waals surface area (Å²) in [6.07, 6.45) is -0.165. The Kier molecular flexibility index (Phi) is 3.77. The van der Waals surface area contributed by atoms with Crippen LogP contribution < -0.4 is 10.6 Å². The molecule has 0 saturated heterocycles. The van der Waals surface area contributed by atoms with Crippen molar-refractivity contribution in [2.24, 2.45) is 0 Å². The molecule has 2 amide bonds. The first kappa shape index (κ1) is 15.1. The van der Waals surface area contributed by atoms with Gasteiger partial charge in [-0.25, -0.2) is 13.2 Å². The second kappa shape index (κ2) is 5.75. The van der Waals surface area contributed by atoms with Gasteiger partial charge in [0.25, 0.3) is 0 Å². The van der Waals surface area contributed by atoms with Gasteiger partial charge in [0.05, 0.1) is 11.6 Å². The zero-order valence-corrected chi connectivity index (χ0v) is 11.7. The van der Waals surface area contributed by atoms with Gasteiger partial charge in [0, 0.05) is 18.2 Å². The van der Waals surface area contributed by atoms with E-state index in [0.717, 1.165) is 24.3 Å². The normalized spacial score (nSPS) is 16.5. The van der Waals surface area contributed by atoms with Crippen molar-refractivity contribution in [3.63, 3.8) is 0 Å². The van der Waals surface area contributed by atoms with Crippen LogP contribution in [-0.2, 0) is 9.59 Å². The highest BCUT2D eigenvalue weighted by Crippen LogP contribution is 2.33. The minimum Gasteiger partial charge on any atom is -0.326 e. The van der Waals surface area contributed by atoms with Crippen LogP contribution in [0.2, 0.25) is 0 Å². The Balaban J connectivity index is 1.91. The predicted molar refractivity (Wildman–Crippen MR) is 77.4 cm³/mol. The molecule has 0 spiro atoms. The van der Waals surface area contributed by atoms with Crippen LogP contribution in [-0.4, -0.2) is 11.8 Å². The van der Waals surface area contributed by atoms with E-state index in [4.69, 9.17) is 0 Å². The van der Waals surface area contributed by atoms with Gasteiger partial charge < -0.3 is 10.6 Å². The molecule has 0 aromatic heterocycles. The summed E-state index contributed by atoms with van der Waals surface area (Å²) < 4.78 is 40.0. The van der Waals surface area contributed by atoms with Crippen molar-refractivity contribution in [3.8, 4) is 0 Å². The molecule has 2 aromatic rings. The van der Waals surface area contributed by atoms with E-state index < -0.39 is 35.2 Å². The van der Waals surface area contributed by atoms with Gasteiger partial charge in [-0.1, -0.05) is 6.07 Å². The highest BCUT2D eigenvalue weighted by Gasteiger charge is 2.31. The predicted octanol–water partition coefficient (Wildman–Crippen LogP) is 3.17. The third-order valence-corrected chi connectivity index (χ3v) is 3.56. The molecule has 1 unspecified atom stereocenters. The van der Waals surface area contributed by atoms with E-state index in [2.05, 4.69) is 10.6 Å². The van der Waals surface area contributed by atoms with Crippen LogP contribution in [0.1, 0.15) is 17.9 Å². The quantitative estimate of drug-likeness (QED) is 0.893. The number of carbonyl (C=O) groups excluding carboxylic acids is 2. The van der Waals surface area contributed by atoms with Crippen LogP contribution in [0.25, 0.3) is 0 Å². The molecule has 0 bridgehead atoms. The van der Waals surface area contributed by atoms with Crippen molar-refractivity contribution < 1.29 is 22.8 Å². The molecule has 0 radical (unpaired) electrons. The maximum atomic E-state index is 13.6. The minimum absolute atomic E-state index is 0.165. The number of benzene rings is 2. The van der Waals surface area contributed by atoms with Crippen molar-refractivity contribution in [2.45, 2.75) is 12.3 Å². The molecular weight excluding hydrogens is 309 g/mol. The van der Waals surface area contributed by atoms with Crippen LogP contribution in [0.15, 0.2) is 36.4 Å². The number of halogens is 3. The lowest BCUT2D eigenvalue weighted by atomic mass is 9.89. The van der Waals surface area contributed by atoms with Crippen molar-refractivity contribution in [1.29, 1.82) is 0 Å². The van der Waals surface area contributed by atoms with Gasteiger partial charge in [-0.3, -0.25) is 9.59 Å². The number of hydrogen-bond donors (Lipinski definition) is 2. The zero-order valence-electron chi connectivity index (χ0n) is 11.7. The lowest BCUT2D eigenvalue weighted by molar-refractivity contribution is -0.123. The Morgan fingerprint density at radius 1 is 1.09 bits per heavy atom. The number of hydrogen-bond acceptors (Lipinski definition) is 2. The zero-order chi connectivity index (χ0) is 16.6. The van der Waals surface area contributed by atoms with E-state index in [0.29, 0.717) is 5.56 Å². The maximum Gasteiger partial charge on any atom is 0.232 e. The highest BCUT2D eigenvalue weighted by atomic mass is 19.1. The summed E-state index contributed by atoms with van der Waals surface area (Å²) in [5.41, 5.74) is 0.297. The van der Waals surface area contributed by atoms with E-state index in [1.807, 2.05) is 0 Å². The summed E-state index contributed by atoms with van der Waals surface area (Å²) >= 11 is 0. The van der Waals surface area contributed by atoms with Crippen LogP contribution in [0.3, 0.4) is 0 Å². The fourth-order valence-electron chi connectivity index (χ4n) is 2.48. The monoisotopic (exact) mass is 320 g/mol. The average molecular weight is 320 g/mol. The molecule has 7 heteroatoms. The maximum absolute atomic E-state index is 13.6. The third-order valence-electron chi connectivity index (χ3n) is 3.56. The largest absolute Gasteiger partial charge is 0.326 e. The average Bonchev–Trinajstić information content (AvgIpc) is 2.49. The van der Waals surface area contributed by atoms with Gasteiger partial charge in [-0.15, -0.1) is 0 Å².